The fourth-order valence-corrected chi connectivity index (χ4v) is 0.951. The van der Waals surface area contributed by atoms with E-state index in [1.807, 2.05) is 0 Å². The van der Waals surface area contributed by atoms with Crippen LogP contribution >= 0.6 is 0 Å². The highest BCUT2D eigenvalue weighted by Gasteiger charge is 2.03. The van der Waals surface area contributed by atoms with Crippen LogP contribution in [-0.4, -0.2) is 0 Å². The molecule has 0 saturated carbocycles. The molecule has 1 atom stereocenters. The summed E-state index contributed by atoms with van der Waals surface area (Å²) in [6, 6.07) is 0. The molecule has 0 heteroatoms. The van der Waals surface area contributed by atoms with Gasteiger partial charge in [-0.05, 0) is 30.6 Å². The zero-order valence-corrected chi connectivity index (χ0v) is 9.30. The van der Waals surface area contributed by atoms with Crippen LogP contribution in [0.15, 0.2) is 12.2 Å². The fraction of sp³-hybridized carbons (Fsp3) is 0.833. The molecule has 0 aromatic heterocycles. The van der Waals surface area contributed by atoms with E-state index in [4.69, 9.17) is 0 Å². The van der Waals surface area contributed by atoms with Gasteiger partial charge in [0.1, 0.15) is 0 Å². The monoisotopic (exact) mass is 168 g/mol. The largest absolute Gasteiger partial charge is 0.0883 e. The van der Waals surface area contributed by atoms with Crippen LogP contribution in [0.2, 0.25) is 0 Å². The lowest BCUT2D eigenvalue weighted by Gasteiger charge is -2.12. The van der Waals surface area contributed by atoms with Crippen molar-refractivity contribution in [1.82, 2.24) is 0 Å². The molecule has 0 aromatic carbocycles. The van der Waals surface area contributed by atoms with Crippen LogP contribution in [0.3, 0.4) is 0 Å². The second kappa shape index (κ2) is 6.28. The Balaban J connectivity index is 3.46. The maximum Gasteiger partial charge on any atom is -0.0322 e. The van der Waals surface area contributed by atoms with Gasteiger partial charge >= 0.3 is 0 Å². The molecule has 1 unspecified atom stereocenters. The average Bonchev–Trinajstić information content (AvgIpc) is 1.97. The van der Waals surface area contributed by atoms with E-state index in [0.29, 0.717) is 0 Å². The minimum absolute atomic E-state index is 0.801. The third-order valence-corrected chi connectivity index (χ3v) is 2.42. The van der Waals surface area contributed by atoms with Crippen molar-refractivity contribution in [1.29, 1.82) is 0 Å². The van der Waals surface area contributed by atoms with Gasteiger partial charge in [0.25, 0.3) is 0 Å². The van der Waals surface area contributed by atoms with Gasteiger partial charge < -0.3 is 0 Å². The molecule has 0 N–H and O–H groups in total. The topological polar surface area (TPSA) is 0 Å². The van der Waals surface area contributed by atoms with Crippen molar-refractivity contribution in [3.63, 3.8) is 0 Å². The molecule has 0 fully saturated rings. The van der Waals surface area contributed by atoms with Gasteiger partial charge in [-0.15, -0.1) is 0 Å². The summed E-state index contributed by atoms with van der Waals surface area (Å²) < 4.78 is 0. The van der Waals surface area contributed by atoms with E-state index in [1.165, 1.54) is 12.8 Å². The maximum absolute atomic E-state index is 2.34. The standard InChI is InChI=1S/C12H24/c1-10(2)8-6-7-9-12(5)11(3)4/h6-7,10-12H,8-9H2,1-5H3. The molecule has 0 saturated heterocycles. The van der Waals surface area contributed by atoms with Gasteiger partial charge in [-0.1, -0.05) is 46.8 Å². The lowest BCUT2D eigenvalue weighted by atomic mass is 9.94. The first-order valence-electron chi connectivity index (χ1n) is 5.19. The normalized spacial score (nSPS) is 14.9. The van der Waals surface area contributed by atoms with Crippen molar-refractivity contribution >= 4 is 0 Å². The van der Waals surface area contributed by atoms with E-state index in [2.05, 4.69) is 46.8 Å². The fourth-order valence-electron chi connectivity index (χ4n) is 0.951. The predicted octanol–water partition coefficient (Wildman–Crippen LogP) is 4.27. The summed E-state index contributed by atoms with van der Waals surface area (Å²) in [6.45, 7) is 11.4. The summed E-state index contributed by atoms with van der Waals surface area (Å²) in [5, 5.41) is 0. The Bertz CT molecular complexity index is 120. The van der Waals surface area contributed by atoms with E-state index >= 15 is 0 Å². The van der Waals surface area contributed by atoms with Gasteiger partial charge in [-0.25, -0.2) is 0 Å². The molecule has 0 rings (SSSR count). The van der Waals surface area contributed by atoms with Crippen molar-refractivity contribution in [2.45, 2.75) is 47.5 Å². The highest BCUT2D eigenvalue weighted by molar-refractivity contribution is 4.84. The van der Waals surface area contributed by atoms with Gasteiger partial charge in [0.2, 0.25) is 0 Å². The molecule has 0 spiro atoms. The number of hydrogen-bond donors (Lipinski definition) is 0. The summed E-state index contributed by atoms with van der Waals surface area (Å²) in [5.74, 6) is 2.44. The molecule has 0 bridgehead atoms. The molecule has 0 amide bonds. The van der Waals surface area contributed by atoms with Crippen molar-refractivity contribution < 1.29 is 0 Å². The Morgan fingerprint density at radius 1 is 0.833 bits per heavy atom. The molecule has 0 aliphatic heterocycles. The van der Waals surface area contributed by atoms with Gasteiger partial charge in [-0.3, -0.25) is 0 Å². The van der Waals surface area contributed by atoms with E-state index in [0.717, 1.165) is 17.8 Å². The molecule has 0 aromatic rings. The molecule has 0 heterocycles. The zero-order valence-electron chi connectivity index (χ0n) is 9.30. The molecule has 0 nitrogen and oxygen atoms in total. The Morgan fingerprint density at radius 3 is 1.75 bits per heavy atom. The third kappa shape index (κ3) is 6.45. The van der Waals surface area contributed by atoms with Gasteiger partial charge in [0.15, 0.2) is 0 Å². The first kappa shape index (κ1) is 11.7. The van der Waals surface area contributed by atoms with Crippen LogP contribution < -0.4 is 0 Å². The average molecular weight is 168 g/mol. The quantitative estimate of drug-likeness (QED) is 0.538. The SMILES string of the molecule is CC(C)CC=CCC(C)C(C)C. The maximum atomic E-state index is 2.34. The number of hydrogen-bond acceptors (Lipinski definition) is 0. The van der Waals surface area contributed by atoms with E-state index < -0.39 is 0 Å². The molecular weight excluding hydrogens is 144 g/mol. The highest BCUT2D eigenvalue weighted by Crippen LogP contribution is 2.14. The van der Waals surface area contributed by atoms with E-state index in [9.17, 15) is 0 Å². The van der Waals surface area contributed by atoms with Crippen molar-refractivity contribution in [3.8, 4) is 0 Å². The smallest absolute Gasteiger partial charge is 0.0322 e. The second-order valence-corrected chi connectivity index (χ2v) is 4.56. The minimum atomic E-state index is 0.801. The number of allylic oxidation sites excluding steroid dienone is 2. The van der Waals surface area contributed by atoms with Crippen LogP contribution in [0.5, 0.6) is 0 Å². The van der Waals surface area contributed by atoms with Crippen LogP contribution in [0.1, 0.15) is 47.5 Å². The van der Waals surface area contributed by atoms with E-state index in [1.54, 1.807) is 0 Å². The summed E-state index contributed by atoms with van der Waals surface area (Å²) >= 11 is 0. The Kier molecular flexibility index (Phi) is 6.14. The summed E-state index contributed by atoms with van der Waals surface area (Å²) in [5.41, 5.74) is 0. The predicted molar refractivity (Wildman–Crippen MR) is 57.2 cm³/mol. The Hall–Kier alpha value is -0.260. The first-order valence-corrected chi connectivity index (χ1v) is 5.19. The summed E-state index contributed by atoms with van der Waals surface area (Å²) in [7, 11) is 0. The second-order valence-electron chi connectivity index (χ2n) is 4.56. The molecule has 0 aliphatic rings. The first-order chi connectivity index (χ1) is 5.54. The van der Waals surface area contributed by atoms with Gasteiger partial charge in [0.05, 0.1) is 0 Å². The molecular formula is C12H24. The molecule has 0 aliphatic carbocycles. The molecule has 72 valence electrons. The lowest BCUT2D eigenvalue weighted by Crippen LogP contribution is -2.01. The van der Waals surface area contributed by atoms with Crippen LogP contribution in [0, 0.1) is 17.8 Å². The van der Waals surface area contributed by atoms with Crippen LogP contribution in [0.4, 0.5) is 0 Å². The van der Waals surface area contributed by atoms with Crippen molar-refractivity contribution in [3.05, 3.63) is 12.2 Å². The molecule has 0 radical (unpaired) electrons. The summed E-state index contributed by atoms with van der Waals surface area (Å²) in [6.07, 6.45) is 7.13. The zero-order chi connectivity index (χ0) is 9.56. The Morgan fingerprint density at radius 2 is 1.33 bits per heavy atom. The lowest BCUT2D eigenvalue weighted by molar-refractivity contribution is 0.423. The highest BCUT2D eigenvalue weighted by atomic mass is 14.1. The van der Waals surface area contributed by atoms with Crippen molar-refractivity contribution in [2.75, 3.05) is 0 Å². The van der Waals surface area contributed by atoms with E-state index in [-0.39, 0.29) is 0 Å². The minimum Gasteiger partial charge on any atom is -0.0883 e. The summed E-state index contributed by atoms with van der Waals surface area (Å²) in [4.78, 5) is 0. The Labute approximate surface area is 78.1 Å². The van der Waals surface area contributed by atoms with Crippen LogP contribution in [0.25, 0.3) is 0 Å². The molecule has 12 heavy (non-hydrogen) atoms. The van der Waals surface area contributed by atoms with Gasteiger partial charge in [-0.2, -0.15) is 0 Å². The van der Waals surface area contributed by atoms with Crippen molar-refractivity contribution in [2.24, 2.45) is 17.8 Å². The third-order valence-electron chi connectivity index (χ3n) is 2.42. The number of rotatable bonds is 5. The van der Waals surface area contributed by atoms with Crippen LogP contribution in [-0.2, 0) is 0 Å². The van der Waals surface area contributed by atoms with Gasteiger partial charge in [0, 0.05) is 0 Å².